The van der Waals surface area contributed by atoms with Crippen LogP contribution < -0.4 is 16.0 Å². The summed E-state index contributed by atoms with van der Waals surface area (Å²) in [6, 6.07) is 5.40. The monoisotopic (exact) mass is 368 g/mol. The average molecular weight is 368 g/mol. The van der Waals surface area contributed by atoms with E-state index in [0.29, 0.717) is 25.4 Å². The van der Waals surface area contributed by atoms with E-state index < -0.39 is 6.04 Å². The highest BCUT2D eigenvalue weighted by molar-refractivity contribution is 6.05. The Hall–Kier alpha value is -2.25. The third-order valence-corrected chi connectivity index (χ3v) is 6.62. The van der Waals surface area contributed by atoms with Gasteiger partial charge in [0.1, 0.15) is 6.04 Å². The predicted octanol–water partition coefficient (Wildman–Crippen LogP) is 0.289. The van der Waals surface area contributed by atoms with Gasteiger partial charge in [-0.05, 0) is 30.4 Å². The quantitative estimate of drug-likeness (QED) is 0.650. The summed E-state index contributed by atoms with van der Waals surface area (Å²) in [4.78, 5) is 38.4. The van der Waals surface area contributed by atoms with Gasteiger partial charge in [0, 0.05) is 49.6 Å². The number of piperidine rings is 1. The molecule has 0 radical (unpaired) electrons. The highest BCUT2D eigenvalue weighted by atomic mass is 16.2. The first-order valence-electron chi connectivity index (χ1n) is 9.78. The summed E-state index contributed by atoms with van der Waals surface area (Å²) in [6.45, 7) is 3.25. The van der Waals surface area contributed by atoms with Gasteiger partial charge < -0.3 is 15.5 Å². The van der Waals surface area contributed by atoms with Crippen LogP contribution in [0.5, 0.6) is 0 Å². The molecular weight excluding hydrogens is 344 g/mol. The summed E-state index contributed by atoms with van der Waals surface area (Å²) in [7, 11) is 0. The zero-order valence-electron chi connectivity index (χ0n) is 15.2. The molecule has 0 spiro atoms. The largest absolute Gasteiger partial charge is 0.322 e. The Morgan fingerprint density at radius 1 is 1.19 bits per heavy atom. The summed E-state index contributed by atoms with van der Waals surface area (Å²) < 4.78 is 0. The molecular formula is C20H24N4O3. The van der Waals surface area contributed by atoms with Crippen molar-refractivity contribution in [2.24, 2.45) is 5.92 Å². The molecule has 3 heterocycles. The average Bonchev–Trinajstić information content (AvgIpc) is 3.29. The zero-order chi connectivity index (χ0) is 18.6. The summed E-state index contributed by atoms with van der Waals surface area (Å²) in [5.74, 6) is -0.0241. The van der Waals surface area contributed by atoms with Gasteiger partial charge in [0.25, 0.3) is 5.91 Å². The van der Waals surface area contributed by atoms with Gasteiger partial charge in [0.15, 0.2) is 0 Å². The normalized spacial score (nSPS) is 26.6. The topological polar surface area (TPSA) is 90.5 Å². The number of imide groups is 1. The smallest absolute Gasteiger partial charge is 0.255 e. The Labute approximate surface area is 157 Å². The fourth-order valence-electron chi connectivity index (χ4n) is 4.65. The molecule has 4 aliphatic rings. The fourth-order valence-corrected chi connectivity index (χ4v) is 4.65. The SMILES string of the molecule is O=C1CCC(N2Cc3cccc(CNC4(C5CNC5)CC4)c3C2=O)C(=O)N1. The van der Waals surface area contributed by atoms with Gasteiger partial charge in [0.05, 0.1) is 0 Å². The fraction of sp³-hybridized carbons (Fsp3) is 0.550. The van der Waals surface area contributed by atoms with E-state index in [9.17, 15) is 14.4 Å². The molecule has 2 saturated heterocycles. The molecule has 7 heteroatoms. The van der Waals surface area contributed by atoms with Gasteiger partial charge in [-0.25, -0.2) is 0 Å². The number of benzene rings is 1. The second-order valence-corrected chi connectivity index (χ2v) is 8.22. The minimum absolute atomic E-state index is 0.0907. The van der Waals surface area contributed by atoms with Crippen LogP contribution in [0.4, 0.5) is 0 Å². The first-order valence-corrected chi connectivity index (χ1v) is 9.78. The van der Waals surface area contributed by atoms with Crippen LogP contribution in [0.1, 0.15) is 47.2 Å². The van der Waals surface area contributed by atoms with E-state index in [2.05, 4.69) is 16.0 Å². The standard InChI is InChI=1S/C20H24N4O3/c25-16-5-4-15(18(26)23-16)24-11-13-3-1-2-12(17(13)19(24)27)8-22-20(6-7-20)14-9-21-10-14/h1-3,14-15,21-22H,4-11H2,(H,23,25,26). The van der Waals surface area contributed by atoms with Crippen LogP contribution in [0.2, 0.25) is 0 Å². The molecule has 27 heavy (non-hydrogen) atoms. The second-order valence-electron chi connectivity index (χ2n) is 8.22. The van der Waals surface area contributed by atoms with E-state index in [0.717, 1.165) is 29.8 Å². The number of nitrogens with one attached hydrogen (secondary N) is 3. The highest BCUT2D eigenvalue weighted by Gasteiger charge is 2.51. The van der Waals surface area contributed by atoms with Crippen LogP contribution in [-0.4, -0.2) is 47.3 Å². The van der Waals surface area contributed by atoms with Crippen LogP contribution in [0, 0.1) is 5.92 Å². The Kier molecular flexibility index (Phi) is 3.84. The predicted molar refractivity (Wildman–Crippen MR) is 97.7 cm³/mol. The van der Waals surface area contributed by atoms with Crippen molar-refractivity contribution in [1.82, 2.24) is 20.9 Å². The number of amides is 3. The molecule has 0 bridgehead atoms. The molecule has 5 rings (SSSR count). The van der Waals surface area contributed by atoms with E-state index in [-0.39, 0.29) is 29.7 Å². The van der Waals surface area contributed by atoms with Crippen molar-refractivity contribution < 1.29 is 14.4 Å². The number of carbonyl (C=O) groups excluding carboxylic acids is 3. The molecule has 3 N–H and O–H groups in total. The Morgan fingerprint density at radius 3 is 2.67 bits per heavy atom. The third kappa shape index (κ3) is 2.76. The minimum Gasteiger partial charge on any atom is -0.322 e. The maximum Gasteiger partial charge on any atom is 0.255 e. The van der Waals surface area contributed by atoms with Crippen LogP contribution in [0.15, 0.2) is 18.2 Å². The van der Waals surface area contributed by atoms with Crippen LogP contribution >= 0.6 is 0 Å². The molecule has 1 aliphatic carbocycles. The highest BCUT2D eigenvalue weighted by Crippen LogP contribution is 2.44. The van der Waals surface area contributed by atoms with E-state index >= 15 is 0 Å². The first kappa shape index (κ1) is 16.9. The van der Waals surface area contributed by atoms with Crippen molar-refractivity contribution in [2.75, 3.05) is 13.1 Å². The molecule has 1 unspecified atom stereocenters. The second kappa shape index (κ2) is 6.14. The van der Waals surface area contributed by atoms with E-state index in [1.807, 2.05) is 18.2 Å². The van der Waals surface area contributed by atoms with Gasteiger partial charge in [-0.1, -0.05) is 18.2 Å². The molecule has 1 atom stereocenters. The molecule has 1 aromatic rings. The molecule has 142 valence electrons. The van der Waals surface area contributed by atoms with Crippen LogP contribution in [-0.2, 0) is 22.7 Å². The van der Waals surface area contributed by atoms with Crippen molar-refractivity contribution in [1.29, 1.82) is 0 Å². The Balaban J connectivity index is 1.34. The number of carbonyl (C=O) groups is 3. The molecule has 3 fully saturated rings. The maximum atomic E-state index is 13.1. The number of hydrogen-bond donors (Lipinski definition) is 3. The van der Waals surface area contributed by atoms with Gasteiger partial charge in [0.2, 0.25) is 11.8 Å². The summed E-state index contributed by atoms with van der Waals surface area (Å²) in [5, 5.41) is 9.41. The number of nitrogens with zero attached hydrogens (tertiary/aromatic N) is 1. The molecule has 0 aromatic heterocycles. The third-order valence-electron chi connectivity index (χ3n) is 6.62. The first-order chi connectivity index (χ1) is 13.1. The Morgan fingerprint density at radius 2 is 2.00 bits per heavy atom. The maximum absolute atomic E-state index is 13.1. The number of rotatable bonds is 5. The number of fused-ring (bicyclic) bond motifs is 1. The van der Waals surface area contributed by atoms with Crippen molar-refractivity contribution in [3.8, 4) is 0 Å². The summed E-state index contributed by atoms with van der Waals surface area (Å²) >= 11 is 0. The molecule has 7 nitrogen and oxygen atoms in total. The van der Waals surface area contributed by atoms with Gasteiger partial charge >= 0.3 is 0 Å². The Bertz CT molecular complexity index is 829. The molecule has 1 aromatic carbocycles. The summed E-state index contributed by atoms with van der Waals surface area (Å²) in [6.07, 6.45) is 3.08. The van der Waals surface area contributed by atoms with Gasteiger partial charge in [-0.3, -0.25) is 19.7 Å². The zero-order valence-corrected chi connectivity index (χ0v) is 15.2. The molecule has 3 amide bonds. The van der Waals surface area contributed by atoms with Gasteiger partial charge in [-0.15, -0.1) is 0 Å². The lowest BCUT2D eigenvalue weighted by atomic mass is 9.91. The van der Waals surface area contributed by atoms with E-state index in [4.69, 9.17) is 0 Å². The van der Waals surface area contributed by atoms with Crippen molar-refractivity contribution >= 4 is 17.7 Å². The van der Waals surface area contributed by atoms with E-state index in [1.165, 1.54) is 12.8 Å². The minimum atomic E-state index is -0.556. The van der Waals surface area contributed by atoms with Crippen molar-refractivity contribution in [3.63, 3.8) is 0 Å². The lowest BCUT2D eigenvalue weighted by Crippen LogP contribution is -2.55. The van der Waals surface area contributed by atoms with Crippen LogP contribution in [0.3, 0.4) is 0 Å². The van der Waals surface area contributed by atoms with Crippen LogP contribution in [0.25, 0.3) is 0 Å². The van der Waals surface area contributed by atoms with Gasteiger partial charge in [-0.2, -0.15) is 0 Å². The molecule has 1 saturated carbocycles. The van der Waals surface area contributed by atoms with Crippen molar-refractivity contribution in [3.05, 3.63) is 34.9 Å². The molecule has 3 aliphatic heterocycles. The van der Waals surface area contributed by atoms with Crippen molar-refractivity contribution in [2.45, 2.75) is 50.4 Å². The lowest BCUT2D eigenvalue weighted by molar-refractivity contribution is -0.136. The lowest BCUT2D eigenvalue weighted by Gasteiger charge is -2.36. The number of hydrogen-bond acceptors (Lipinski definition) is 5. The van der Waals surface area contributed by atoms with E-state index in [1.54, 1.807) is 4.90 Å². The summed E-state index contributed by atoms with van der Waals surface area (Å²) in [5.41, 5.74) is 2.95.